The van der Waals surface area contributed by atoms with E-state index in [0.717, 1.165) is 39.9 Å². The molecule has 1 fully saturated rings. The molecule has 0 bridgehead atoms. The van der Waals surface area contributed by atoms with Crippen molar-refractivity contribution in [3.05, 3.63) is 95.7 Å². The maximum atomic E-state index is 13.3. The lowest BCUT2D eigenvalue weighted by atomic mass is 10.0. The fourth-order valence-electron chi connectivity index (χ4n) is 4.58. The Kier molecular flexibility index (Phi) is 5.85. The SMILES string of the molecule is O=C(NCC1CC1)c1ccc(C(=O)N2CCOc3ccc(-c4cnc5ccccc5c4)cc3C2)cc1. The van der Waals surface area contributed by atoms with Crippen molar-refractivity contribution in [2.45, 2.75) is 19.4 Å². The lowest BCUT2D eigenvalue weighted by Crippen LogP contribution is -2.32. The highest BCUT2D eigenvalue weighted by molar-refractivity contribution is 5.98. The number of ether oxygens (including phenoxy) is 1. The lowest BCUT2D eigenvalue weighted by molar-refractivity contribution is 0.0732. The number of pyridine rings is 1. The molecule has 0 saturated heterocycles. The topological polar surface area (TPSA) is 71.5 Å². The van der Waals surface area contributed by atoms with Crippen LogP contribution in [-0.2, 0) is 6.54 Å². The molecular weight excluding hydrogens is 450 g/mol. The van der Waals surface area contributed by atoms with Crippen LogP contribution in [0.25, 0.3) is 22.0 Å². The molecule has 6 heteroatoms. The number of hydrogen-bond acceptors (Lipinski definition) is 4. The van der Waals surface area contributed by atoms with Gasteiger partial charge in [0.2, 0.25) is 0 Å². The third-order valence-corrected chi connectivity index (χ3v) is 6.89. The molecule has 2 heterocycles. The van der Waals surface area contributed by atoms with Gasteiger partial charge in [0.1, 0.15) is 12.4 Å². The summed E-state index contributed by atoms with van der Waals surface area (Å²) in [5.41, 5.74) is 5.11. The minimum atomic E-state index is -0.0892. The first-order chi connectivity index (χ1) is 17.6. The first kappa shape index (κ1) is 22.3. The Morgan fingerprint density at radius 2 is 1.75 bits per heavy atom. The number of nitrogens with one attached hydrogen (secondary N) is 1. The molecule has 3 aromatic carbocycles. The number of rotatable bonds is 5. The number of nitrogens with zero attached hydrogens (tertiary/aromatic N) is 2. The van der Waals surface area contributed by atoms with Crippen LogP contribution in [0.5, 0.6) is 5.75 Å². The summed E-state index contributed by atoms with van der Waals surface area (Å²) >= 11 is 0. The van der Waals surface area contributed by atoms with E-state index >= 15 is 0 Å². The van der Waals surface area contributed by atoms with Crippen molar-refractivity contribution in [1.29, 1.82) is 0 Å². The summed E-state index contributed by atoms with van der Waals surface area (Å²) in [4.78, 5) is 32.1. The molecule has 0 unspecified atom stereocenters. The molecule has 1 aliphatic heterocycles. The van der Waals surface area contributed by atoms with Gasteiger partial charge >= 0.3 is 0 Å². The highest BCUT2D eigenvalue weighted by Crippen LogP contribution is 2.31. The fourth-order valence-corrected chi connectivity index (χ4v) is 4.58. The van der Waals surface area contributed by atoms with Crippen LogP contribution in [0.15, 0.2) is 79.0 Å². The highest BCUT2D eigenvalue weighted by Gasteiger charge is 2.23. The largest absolute Gasteiger partial charge is 0.491 e. The minimum Gasteiger partial charge on any atom is -0.491 e. The van der Waals surface area contributed by atoms with E-state index in [-0.39, 0.29) is 11.8 Å². The average Bonchev–Trinajstić information content (AvgIpc) is 3.77. The Hall–Kier alpha value is -4.19. The molecular formula is C30H27N3O3. The lowest BCUT2D eigenvalue weighted by Gasteiger charge is -2.20. The van der Waals surface area contributed by atoms with Gasteiger partial charge in [0.05, 0.1) is 12.1 Å². The summed E-state index contributed by atoms with van der Waals surface area (Å²) in [7, 11) is 0. The van der Waals surface area contributed by atoms with Crippen molar-refractivity contribution >= 4 is 22.7 Å². The van der Waals surface area contributed by atoms with Crippen LogP contribution >= 0.6 is 0 Å². The molecule has 1 saturated carbocycles. The quantitative estimate of drug-likeness (QED) is 0.435. The number of fused-ring (bicyclic) bond motifs is 2. The first-order valence-electron chi connectivity index (χ1n) is 12.4. The normalized spacial score (nSPS) is 15.1. The van der Waals surface area contributed by atoms with Crippen LogP contribution in [0.2, 0.25) is 0 Å². The zero-order valence-corrected chi connectivity index (χ0v) is 19.9. The molecule has 0 spiro atoms. The minimum absolute atomic E-state index is 0.0748. The van der Waals surface area contributed by atoms with Gasteiger partial charge in [0.25, 0.3) is 11.8 Å². The van der Waals surface area contributed by atoms with E-state index in [2.05, 4.69) is 28.5 Å². The van der Waals surface area contributed by atoms with Crippen LogP contribution in [0.1, 0.15) is 39.1 Å². The Morgan fingerprint density at radius 3 is 2.58 bits per heavy atom. The van der Waals surface area contributed by atoms with E-state index in [1.807, 2.05) is 36.5 Å². The Labute approximate surface area is 209 Å². The van der Waals surface area contributed by atoms with Gasteiger partial charge in [0, 0.05) is 46.9 Å². The number of aromatic nitrogens is 1. The van der Waals surface area contributed by atoms with Gasteiger partial charge in [-0.3, -0.25) is 14.6 Å². The predicted octanol–water partition coefficient (Wildman–Crippen LogP) is 5.08. The van der Waals surface area contributed by atoms with Crippen molar-refractivity contribution < 1.29 is 14.3 Å². The summed E-state index contributed by atoms with van der Waals surface area (Å²) in [5, 5.41) is 4.05. The van der Waals surface area contributed by atoms with Crippen LogP contribution < -0.4 is 10.1 Å². The van der Waals surface area contributed by atoms with E-state index in [0.29, 0.717) is 36.7 Å². The smallest absolute Gasteiger partial charge is 0.254 e. The van der Waals surface area contributed by atoms with Crippen molar-refractivity contribution in [2.75, 3.05) is 19.7 Å². The Bertz CT molecular complexity index is 1440. The van der Waals surface area contributed by atoms with Gasteiger partial charge in [-0.25, -0.2) is 0 Å². The maximum Gasteiger partial charge on any atom is 0.254 e. The van der Waals surface area contributed by atoms with Gasteiger partial charge in [0.15, 0.2) is 0 Å². The standard InChI is InChI=1S/C30H27N3O3/c34-29(32-17-20-5-6-20)21-7-9-22(10-8-21)30(35)33-13-14-36-28-12-11-23(15-26(28)19-33)25-16-24-3-1-2-4-27(24)31-18-25/h1-4,7-12,15-16,18,20H,5-6,13-14,17,19H2,(H,32,34). The second kappa shape index (κ2) is 9.46. The molecule has 180 valence electrons. The zero-order chi connectivity index (χ0) is 24.5. The summed E-state index contributed by atoms with van der Waals surface area (Å²) in [6.45, 7) is 2.10. The molecule has 4 aromatic rings. The fraction of sp³-hybridized carbons (Fsp3) is 0.233. The van der Waals surface area contributed by atoms with Gasteiger partial charge in [-0.15, -0.1) is 0 Å². The van der Waals surface area contributed by atoms with E-state index in [1.54, 1.807) is 29.2 Å². The highest BCUT2D eigenvalue weighted by atomic mass is 16.5. The predicted molar refractivity (Wildman–Crippen MR) is 139 cm³/mol. The molecule has 36 heavy (non-hydrogen) atoms. The number of para-hydroxylation sites is 1. The molecule has 1 N–H and O–H groups in total. The molecule has 2 aliphatic rings. The summed E-state index contributed by atoms with van der Waals surface area (Å²) in [5.74, 6) is 1.26. The van der Waals surface area contributed by atoms with Crippen LogP contribution in [0.4, 0.5) is 0 Å². The number of carbonyl (C=O) groups excluding carboxylic acids is 2. The van der Waals surface area contributed by atoms with Gasteiger partial charge in [-0.05, 0) is 72.9 Å². The second-order valence-corrected chi connectivity index (χ2v) is 9.55. The van der Waals surface area contributed by atoms with Gasteiger partial charge in [-0.1, -0.05) is 24.3 Å². The first-order valence-corrected chi connectivity index (χ1v) is 12.4. The van der Waals surface area contributed by atoms with E-state index in [9.17, 15) is 9.59 Å². The average molecular weight is 478 g/mol. The van der Waals surface area contributed by atoms with Crippen molar-refractivity contribution in [3.63, 3.8) is 0 Å². The number of amides is 2. The van der Waals surface area contributed by atoms with Crippen molar-refractivity contribution in [1.82, 2.24) is 15.2 Å². The molecule has 0 atom stereocenters. The third-order valence-electron chi connectivity index (χ3n) is 6.89. The van der Waals surface area contributed by atoms with Crippen LogP contribution in [0, 0.1) is 5.92 Å². The van der Waals surface area contributed by atoms with E-state index in [1.165, 1.54) is 12.8 Å². The molecule has 6 rings (SSSR count). The third kappa shape index (κ3) is 4.67. The number of carbonyl (C=O) groups is 2. The second-order valence-electron chi connectivity index (χ2n) is 9.55. The molecule has 6 nitrogen and oxygen atoms in total. The van der Waals surface area contributed by atoms with Gasteiger partial charge in [-0.2, -0.15) is 0 Å². The van der Waals surface area contributed by atoms with Gasteiger partial charge < -0.3 is 15.0 Å². The number of hydrogen-bond donors (Lipinski definition) is 1. The van der Waals surface area contributed by atoms with Crippen molar-refractivity contribution in [3.8, 4) is 16.9 Å². The number of benzene rings is 3. The summed E-state index contributed by atoms with van der Waals surface area (Å²) < 4.78 is 5.97. The molecule has 1 aliphatic carbocycles. The van der Waals surface area contributed by atoms with Crippen LogP contribution in [0.3, 0.4) is 0 Å². The zero-order valence-electron chi connectivity index (χ0n) is 19.9. The molecule has 1 aromatic heterocycles. The summed E-state index contributed by atoms with van der Waals surface area (Å²) in [6, 6.07) is 23.2. The molecule has 0 radical (unpaired) electrons. The van der Waals surface area contributed by atoms with Crippen molar-refractivity contribution in [2.24, 2.45) is 5.92 Å². The Morgan fingerprint density at radius 1 is 0.944 bits per heavy atom. The maximum absolute atomic E-state index is 13.3. The van der Waals surface area contributed by atoms with E-state index in [4.69, 9.17) is 4.74 Å². The Balaban J connectivity index is 1.20. The summed E-state index contributed by atoms with van der Waals surface area (Å²) in [6.07, 6.45) is 4.26. The van der Waals surface area contributed by atoms with Crippen LogP contribution in [-0.4, -0.2) is 41.4 Å². The monoisotopic (exact) mass is 477 g/mol. The van der Waals surface area contributed by atoms with E-state index < -0.39 is 0 Å². The molecule has 2 amide bonds.